The Morgan fingerprint density at radius 3 is 2.62 bits per heavy atom. The van der Waals surface area contributed by atoms with E-state index in [-0.39, 0.29) is 23.1 Å². The van der Waals surface area contributed by atoms with Crippen LogP contribution in [0.2, 0.25) is 0 Å². The second kappa shape index (κ2) is 6.31. The number of fused-ring (bicyclic) bond motifs is 3. The van der Waals surface area contributed by atoms with Crippen molar-refractivity contribution in [1.29, 1.82) is 0 Å². The van der Waals surface area contributed by atoms with Gasteiger partial charge in [-0.15, -0.1) is 0 Å². The molecule has 0 amide bonds. The number of carbonyl (C=O) groups is 1. The third-order valence-corrected chi connectivity index (χ3v) is 5.56. The molecule has 1 unspecified atom stereocenters. The second-order valence-electron chi connectivity index (χ2n) is 7.84. The molecule has 4 rings (SSSR count). The summed E-state index contributed by atoms with van der Waals surface area (Å²) in [7, 11) is 0. The predicted molar refractivity (Wildman–Crippen MR) is 102 cm³/mol. The Morgan fingerprint density at radius 2 is 1.85 bits per heavy atom. The van der Waals surface area contributed by atoms with Crippen LogP contribution in [0.4, 0.5) is 0 Å². The molecule has 0 spiro atoms. The molecular formula is C23H24O3. The molecule has 2 aliphatic rings. The van der Waals surface area contributed by atoms with E-state index in [4.69, 9.17) is 4.74 Å². The number of ether oxygens (including phenoxy) is 1. The molecule has 0 saturated heterocycles. The van der Waals surface area contributed by atoms with Gasteiger partial charge in [-0.2, -0.15) is 0 Å². The molecule has 0 saturated carbocycles. The van der Waals surface area contributed by atoms with Gasteiger partial charge in [-0.3, -0.25) is 4.79 Å². The van der Waals surface area contributed by atoms with Gasteiger partial charge >= 0.3 is 0 Å². The molecule has 0 aromatic heterocycles. The normalized spacial score (nSPS) is 20.6. The average Bonchev–Trinajstić information content (AvgIpc) is 2.59. The lowest BCUT2D eigenvalue weighted by Gasteiger charge is -2.43. The summed E-state index contributed by atoms with van der Waals surface area (Å²) in [6.07, 6.45) is 4.77. The summed E-state index contributed by atoms with van der Waals surface area (Å²) in [5, 5.41) is 10.7. The average molecular weight is 348 g/mol. The molecule has 0 radical (unpaired) electrons. The number of benzene rings is 2. The monoisotopic (exact) mass is 348 g/mol. The fourth-order valence-corrected chi connectivity index (χ4v) is 4.22. The highest BCUT2D eigenvalue weighted by Gasteiger charge is 2.43. The summed E-state index contributed by atoms with van der Waals surface area (Å²) in [5.41, 5.74) is 3.56. The molecule has 3 heteroatoms. The van der Waals surface area contributed by atoms with Crippen LogP contribution < -0.4 is 4.74 Å². The number of phenolic OH excluding ortho intramolecular Hbond substituents is 1. The molecule has 1 aliphatic heterocycles. The van der Waals surface area contributed by atoms with Crippen molar-refractivity contribution in [2.75, 3.05) is 0 Å². The van der Waals surface area contributed by atoms with Gasteiger partial charge in [0.05, 0.1) is 5.56 Å². The molecule has 0 bridgehead atoms. The Balaban J connectivity index is 1.69. The minimum atomic E-state index is -0.385. The molecule has 2 aromatic rings. The van der Waals surface area contributed by atoms with Gasteiger partial charge in [-0.1, -0.05) is 30.3 Å². The highest BCUT2D eigenvalue weighted by Crippen LogP contribution is 2.51. The third kappa shape index (κ3) is 3.03. The van der Waals surface area contributed by atoms with Crippen molar-refractivity contribution in [1.82, 2.24) is 0 Å². The van der Waals surface area contributed by atoms with Crippen LogP contribution in [0.1, 0.15) is 43.4 Å². The van der Waals surface area contributed by atoms with Crippen LogP contribution in [-0.2, 0) is 17.6 Å². The standard InChI is InChI=1S/C23H24O3/c1-23(2)19-11-10-17(24)14-18(19)22-20(25)12-16(13-21(22)26-23)9-8-15-6-4-3-5-7-15/h3-7,12-14,19,25H,8-11H2,1-2H3. The molecule has 1 heterocycles. The molecule has 134 valence electrons. The lowest BCUT2D eigenvalue weighted by atomic mass is 9.72. The van der Waals surface area contributed by atoms with Crippen molar-refractivity contribution in [2.24, 2.45) is 5.92 Å². The van der Waals surface area contributed by atoms with Crippen molar-refractivity contribution in [3.8, 4) is 11.5 Å². The zero-order valence-corrected chi connectivity index (χ0v) is 15.3. The van der Waals surface area contributed by atoms with Crippen molar-refractivity contribution in [3.63, 3.8) is 0 Å². The van der Waals surface area contributed by atoms with Crippen molar-refractivity contribution >= 4 is 11.4 Å². The van der Waals surface area contributed by atoms with Gasteiger partial charge in [0.15, 0.2) is 5.78 Å². The maximum Gasteiger partial charge on any atom is 0.156 e. The van der Waals surface area contributed by atoms with E-state index >= 15 is 0 Å². The van der Waals surface area contributed by atoms with Crippen LogP contribution in [0.3, 0.4) is 0 Å². The minimum absolute atomic E-state index is 0.132. The maximum atomic E-state index is 12.0. The first-order chi connectivity index (χ1) is 12.4. The van der Waals surface area contributed by atoms with E-state index in [0.29, 0.717) is 17.7 Å². The van der Waals surface area contributed by atoms with Gasteiger partial charge in [0.2, 0.25) is 0 Å². The van der Waals surface area contributed by atoms with E-state index in [9.17, 15) is 9.90 Å². The fraction of sp³-hybridized carbons (Fsp3) is 0.348. The predicted octanol–water partition coefficient (Wildman–Crippen LogP) is 4.71. The zero-order chi connectivity index (χ0) is 18.3. The summed E-state index contributed by atoms with van der Waals surface area (Å²) < 4.78 is 6.29. The Labute approximate surface area is 154 Å². The number of carbonyl (C=O) groups excluding carboxylic acids is 1. The lowest BCUT2D eigenvalue weighted by molar-refractivity contribution is -0.115. The van der Waals surface area contributed by atoms with Gasteiger partial charge < -0.3 is 9.84 Å². The van der Waals surface area contributed by atoms with Crippen molar-refractivity contribution in [2.45, 2.75) is 45.1 Å². The van der Waals surface area contributed by atoms with Gasteiger partial charge in [-0.05, 0) is 68.0 Å². The van der Waals surface area contributed by atoms with Crippen LogP contribution in [0.5, 0.6) is 11.5 Å². The van der Waals surface area contributed by atoms with Crippen molar-refractivity contribution in [3.05, 3.63) is 65.2 Å². The van der Waals surface area contributed by atoms with E-state index in [0.717, 1.165) is 30.4 Å². The number of allylic oxidation sites excluding steroid dienone is 1. The minimum Gasteiger partial charge on any atom is -0.507 e. The largest absolute Gasteiger partial charge is 0.507 e. The highest BCUT2D eigenvalue weighted by molar-refractivity contribution is 6.00. The molecule has 1 atom stereocenters. The molecule has 1 N–H and O–H groups in total. The first-order valence-electron chi connectivity index (χ1n) is 9.27. The summed E-state index contributed by atoms with van der Waals surface area (Å²) in [5.74, 6) is 1.17. The molecular weight excluding hydrogens is 324 g/mol. The third-order valence-electron chi connectivity index (χ3n) is 5.56. The Kier molecular flexibility index (Phi) is 4.10. The molecule has 0 fully saturated rings. The van der Waals surface area contributed by atoms with E-state index < -0.39 is 0 Å². The maximum absolute atomic E-state index is 12.0. The number of aryl methyl sites for hydroxylation is 2. The number of phenols is 1. The van der Waals surface area contributed by atoms with E-state index in [1.165, 1.54) is 5.56 Å². The first kappa shape index (κ1) is 16.9. The summed E-state index contributed by atoms with van der Waals surface area (Å²) in [6, 6.07) is 14.2. The van der Waals surface area contributed by atoms with Gasteiger partial charge in [0, 0.05) is 12.3 Å². The summed E-state index contributed by atoms with van der Waals surface area (Å²) in [4.78, 5) is 12.0. The Hall–Kier alpha value is -2.55. The number of aromatic hydroxyl groups is 1. The molecule has 26 heavy (non-hydrogen) atoms. The van der Waals surface area contributed by atoms with E-state index in [1.54, 1.807) is 6.08 Å². The van der Waals surface area contributed by atoms with E-state index in [2.05, 4.69) is 26.0 Å². The van der Waals surface area contributed by atoms with Crippen molar-refractivity contribution < 1.29 is 14.6 Å². The Morgan fingerprint density at radius 1 is 1.12 bits per heavy atom. The zero-order valence-electron chi connectivity index (χ0n) is 15.3. The number of ketones is 1. The Bertz CT molecular complexity index is 878. The van der Waals surface area contributed by atoms with Crippen LogP contribution in [-0.4, -0.2) is 16.5 Å². The second-order valence-corrected chi connectivity index (χ2v) is 7.84. The molecule has 2 aromatic carbocycles. The van der Waals surface area contributed by atoms with Crippen LogP contribution in [0.15, 0.2) is 48.5 Å². The number of rotatable bonds is 3. The van der Waals surface area contributed by atoms with Crippen LogP contribution >= 0.6 is 0 Å². The number of hydrogen-bond donors (Lipinski definition) is 1. The van der Waals surface area contributed by atoms with Crippen LogP contribution in [0, 0.1) is 5.92 Å². The van der Waals surface area contributed by atoms with Gasteiger partial charge in [0.1, 0.15) is 17.1 Å². The molecule has 1 aliphatic carbocycles. The highest BCUT2D eigenvalue weighted by atomic mass is 16.5. The SMILES string of the molecule is CC1(C)Oc2cc(CCc3ccccc3)cc(O)c2C2=CC(=O)CCC21. The topological polar surface area (TPSA) is 46.5 Å². The summed E-state index contributed by atoms with van der Waals surface area (Å²) >= 11 is 0. The van der Waals surface area contributed by atoms with E-state index in [1.807, 2.05) is 30.3 Å². The van der Waals surface area contributed by atoms with Crippen LogP contribution in [0.25, 0.3) is 5.57 Å². The quantitative estimate of drug-likeness (QED) is 0.874. The number of hydrogen-bond acceptors (Lipinski definition) is 3. The lowest BCUT2D eigenvalue weighted by Crippen LogP contribution is -2.43. The fourth-order valence-electron chi connectivity index (χ4n) is 4.22. The summed E-state index contributed by atoms with van der Waals surface area (Å²) in [6.45, 7) is 4.13. The van der Waals surface area contributed by atoms with Gasteiger partial charge in [0.25, 0.3) is 0 Å². The smallest absolute Gasteiger partial charge is 0.156 e. The van der Waals surface area contributed by atoms with Gasteiger partial charge in [-0.25, -0.2) is 0 Å². The first-order valence-corrected chi connectivity index (χ1v) is 9.27. The molecule has 3 nitrogen and oxygen atoms in total.